The van der Waals surface area contributed by atoms with Crippen LogP contribution in [0.5, 0.6) is 11.5 Å². The molecular formula is C28H23BF2N2O2S. The molecule has 0 radical (unpaired) electrons. The minimum absolute atomic E-state index is 0.375. The maximum Gasteiger partial charge on any atom is 0.678 e. The number of benzene rings is 2. The Bertz CT molecular complexity index is 1520. The number of hydrogen-bond acceptors (Lipinski definition) is 4. The van der Waals surface area contributed by atoms with Crippen molar-refractivity contribution in [3.63, 3.8) is 0 Å². The number of rotatable bonds is 7. The lowest BCUT2D eigenvalue weighted by Gasteiger charge is -2.15. The molecule has 2 aromatic heterocycles. The Hall–Kier alpha value is -3.91. The van der Waals surface area contributed by atoms with E-state index in [-0.39, 0.29) is 0 Å². The molecule has 0 fully saturated rings. The minimum Gasteiger partial charge on any atom is -0.496 e. The van der Waals surface area contributed by atoms with Gasteiger partial charge in [-0.15, -0.1) is 11.3 Å². The highest BCUT2D eigenvalue weighted by Gasteiger charge is 2.29. The van der Waals surface area contributed by atoms with Crippen molar-refractivity contribution in [1.82, 2.24) is 4.48 Å². The molecule has 0 saturated carbocycles. The maximum atomic E-state index is 14.7. The third-order valence-electron chi connectivity index (χ3n) is 6.02. The minimum atomic E-state index is -2.77. The van der Waals surface area contributed by atoms with Gasteiger partial charge in [-0.05, 0) is 67.6 Å². The molecule has 0 unspecified atom stereocenters. The van der Waals surface area contributed by atoms with E-state index in [1.165, 1.54) is 7.11 Å². The second-order valence-electron chi connectivity index (χ2n) is 8.15. The van der Waals surface area contributed by atoms with Crippen LogP contribution in [-0.2, 0) is 0 Å². The highest BCUT2D eigenvalue weighted by molar-refractivity contribution is 7.13. The number of para-hydroxylation sites is 2. The summed E-state index contributed by atoms with van der Waals surface area (Å²) < 4.78 is 41.4. The first kappa shape index (κ1) is 23.8. The van der Waals surface area contributed by atoms with E-state index in [0.717, 1.165) is 19.8 Å². The average Bonchev–Trinajstić information content (AvgIpc) is 3.65. The van der Waals surface area contributed by atoms with Gasteiger partial charge < -0.3 is 14.0 Å². The summed E-state index contributed by atoms with van der Waals surface area (Å²) in [7, 11) is 0.382. The van der Waals surface area contributed by atoms with Gasteiger partial charge in [-0.2, -0.15) is 0 Å². The molecule has 0 atom stereocenters. The molecule has 0 bridgehead atoms. The fourth-order valence-corrected chi connectivity index (χ4v) is 5.33. The van der Waals surface area contributed by atoms with Gasteiger partial charge in [0.2, 0.25) is 0 Å². The Labute approximate surface area is 213 Å². The molecular weight excluding hydrogens is 477 g/mol. The summed E-state index contributed by atoms with van der Waals surface area (Å²) in [4.78, 5) is 6.82. The molecule has 1 aliphatic rings. The van der Waals surface area contributed by atoms with Gasteiger partial charge in [0.05, 0.1) is 25.6 Å². The van der Waals surface area contributed by atoms with Crippen molar-refractivity contribution in [2.45, 2.75) is 6.92 Å². The van der Waals surface area contributed by atoms with E-state index in [1.54, 1.807) is 42.7 Å². The number of allylic oxidation sites excluding steroid dienone is 2. The summed E-state index contributed by atoms with van der Waals surface area (Å²) in [5, 5.41) is 0. The lowest BCUT2D eigenvalue weighted by atomic mass is 10.0. The molecule has 180 valence electrons. The lowest BCUT2D eigenvalue weighted by Crippen LogP contribution is -2.17. The van der Waals surface area contributed by atoms with E-state index in [4.69, 9.17) is 14.5 Å². The standard InChI is InChI=1S/C28H23BF2N2O2S/c1-18-12-17-27(36-18)28(22-14-13-21(32-22)19-8-4-6-10-25(19)34-2)24-16-15-23(33(24)29(30)31)20-9-5-7-11-26(20)35-3/h4-17H,1-3H3/b28-22+. The molecule has 8 heteroatoms. The first-order chi connectivity index (χ1) is 17.5. The van der Waals surface area contributed by atoms with Gasteiger partial charge in [0, 0.05) is 37.8 Å². The van der Waals surface area contributed by atoms with E-state index >= 15 is 0 Å². The van der Waals surface area contributed by atoms with Crippen LogP contribution in [0.4, 0.5) is 8.63 Å². The highest BCUT2D eigenvalue weighted by atomic mass is 32.1. The molecule has 0 spiro atoms. The Morgan fingerprint density at radius 3 is 2.14 bits per heavy atom. The van der Waals surface area contributed by atoms with Crippen LogP contribution >= 0.6 is 11.3 Å². The summed E-state index contributed by atoms with van der Waals surface area (Å²) in [6.45, 7) is 2.00. The lowest BCUT2D eigenvalue weighted by molar-refractivity contribution is 0.414. The maximum absolute atomic E-state index is 14.7. The van der Waals surface area contributed by atoms with E-state index in [9.17, 15) is 8.63 Å². The summed E-state index contributed by atoms with van der Waals surface area (Å²) in [5.41, 5.74) is 4.18. The summed E-state index contributed by atoms with van der Waals surface area (Å²) in [5.74, 6) is 1.23. The zero-order chi connectivity index (χ0) is 25.2. The zero-order valence-corrected chi connectivity index (χ0v) is 20.9. The largest absolute Gasteiger partial charge is 0.678 e. The Kier molecular flexibility index (Phi) is 6.61. The number of aryl methyl sites for hydroxylation is 1. The van der Waals surface area contributed by atoms with Crippen molar-refractivity contribution in [2.75, 3.05) is 14.2 Å². The quantitative estimate of drug-likeness (QED) is 0.253. The van der Waals surface area contributed by atoms with Crippen LogP contribution in [-0.4, -0.2) is 31.8 Å². The molecule has 0 aliphatic carbocycles. The summed E-state index contributed by atoms with van der Waals surface area (Å²) in [6, 6.07) is 22.2. The van der Waals surface area contributed by atoms with Crippen LogP contribution in [0.15, 0.2) is 95.6 Å². The number of hydrogen-bond donors (Lipinski definition) is 0. The van der Waals surface area contributed by atoms with E-state index in [2.05, 4.69) is 0 Å². The highest BCUT2D eigenvalue weighted by Crippen LogP contribution is 2.39. The molecule has 5 rings (SSSR count). The third kappa shape index (κ3) is 4.29. The van der Waals surface area contributed by atoms with Crippen LogP contribution in [0.2, 0.25) is 0 Å². The van der Waals surface area contributed by atoms with Crippen molar-refractivity contribution in [2.24, 2.45) is 4.99 Å². The molecule has 0 N–H and O–H groups in total. The molecule has 0 saturated heterocycles. The number of aliphatic imine (C=N–C) groups is 1. The molecule has 4 nitrogen and oxygen atoms in total. The van der Waals surface area contributed by atoms with Gasteiger partial charge in [0.1, 0.15) is 11.5 Å². The summed E-state index contributed by atoms with van der Waals surface area (Å²) in [6.07, 6.45) is 3.77. The van der Waals surface area contributed by atoms with Crippen LogP contribution in [0, 0.1) is 6.92 Å². The first-order valence-electron chi connectivity index (χ1n) is 11.4. The molecule has 4 aromatic rings. The molecule has 1 aliphatic heterocycles. The molecule has 3 heterocycles. The average molecular weight is 500 g/mol. The molecule has 2 aromatic carbocycles. The van der Waals surface area contributed by atoms with Gasteiger partial charge in [0.15, 0.2) is 0 Å². The number of ether oxygens (including phenoxy) is 2. The normalized spacial score (nSPS) is 14.1. The van der Waals surface area contributed by atoms with Gasteiger partial charge in [-0.25, -0.2) is 4.99 Å². The van der Waals surface area contributed by atoms with Crippen molar-refractivity contribution in [3.8, 4) is 22.8 Å². The smallest absolute Gasteiger partial charge is 0.496 e. The van der Waals surface area contributed by atoms with Gasteiger partial charge >= 0.3 is 7.40 Å². The van der Waals surface area contributed by atoms with Crippen molar-refractivity contribution in [3.05, 3.63) is 112 Å². The number of methoxy groups -OCH3 is 2. The number of halogens is 2. The number of thiophene rings is 1. The van der Waals surface area contributed by atoms with Gasteiger partial charge in [0.25, 0.3) is 0 Å². The van der Waals surface area contributed by atoms with Crippen LogP contribution in [0.1, 0.15) is 21.0 Å². The van der Waals surface area contributed by atoms with Crippen LogP contribution in [0.25, 0.3) is 16.8 Å². The van der Waals surface area contributed by atoms with Crippen LogP contribution in [0.3, 0.4) is 0 Å². The fourth-order valence-electron chi connectivity index (χ4n) is 4.40. The first-order valence-corrected chi connectivity index (χ1v) is 12.2. The second kappa shape index (κ2) is 9.99. The molecule has 0 amide bonds. The Balaban J connectivity index is 1.74. The monoisotopic (exact) mass is 500 g/mol. The number of aromatic nitrogens is 1. The summed E-state index contributed by atoms with van der Waals surface area (Å²) >= 11 is 1.55. The third-order valence-corrected chi connectivity index (χ3v) is 7.04. The van der Waals surface area contributed by atoms with Gasteiger partial charge in [-0.3, -0.25) is 8.63 Å². The predicted molar refractivity (Wildman–Crippen MR) is 144 cm³/mol. The van der Waals surface area contributed by atoms with E-state index in [1.807, 2.05) is 67.6 Å². The van der Waals surface area contributed by atoms with Crippen molar-refractivity contribution < 1.29 is 18.1 Å². The van der Waals surface area contributed by atoms with Crippen molar-refractivity contribution in [1.29, 1.82) is 0 Å². The number of nitrogens with zero attached hydrogens (tertiary/aromatic N) is 2. The van der Waals surface area contributed by atoms with E-state index in [0.29, 0.717) is 45.4 Å². The van der Waals surface area contributed by atoms with Crippen molar-refractivity contribution >= 4 is 30.0 Å². The molecule has 36 heavy (non-hydrogen) atoms. The zero-order valence-electron chi connectivity index (χ0n) is 20.0. The van der Waals surface area contributed by atoms with E-state index < -0.39 is 7.40 Å². The second-order valence-corrected chi connectivity index (χ2v) is 9.44. The predicted octanol–water partition coefficient (Wildman–Crippen LogP) is 7.13. The Morgan fingerprint density at radius 2 is 1.50 bits per heavy atom. The SMILES string of the molecule is COc1ccccc1C1=N/C(=C(/c2ccc(C)s2)c2ccc(-c3ccccc3OC)n2B(F)F)C=C1. The fraction of sp³-hybridized carbons (Fsp3) is 0.107. The van der Waals surface area contributed by atoms with Gasteiger partial charge in [-0.1, -0.05) is 24.3 Å². The topological polar surface area (TPSA) is 35.8 Å². The Morgan fingerprint density at radius 1 is 0.833 bits per heavy atom. The van der Waals surface area contributed by atoms with Crippen LogP contribution < -0.4 is 9.47 Å².